The number of carbonyl (C=O) groups is 1. The van der Waals surface area contributed by atoms with Crippen molar-refractivity contribution in [3.63, 3.8) is 0 Å². The highest BCUT2D eigenvalue weighted by atomic mass is 32.2. The van der Waals surface area contributed by atoms with E-state index in [0.29, 0.717) is 17.1 Å². The van der Waals surface area contributed by atoms with E-state index < -0.39 is 9.84 Å². The molecule has 1 saturated heterocycles. The van der Waals surface area contributed by atoms with Crippen LogP contribution in [0.1, 0.15) is 58.3 Å². The molecule has 0 saturated carbocycles. The first-order valence-electron chi connectivity index (χ1n) is 8.83. The fraction of sp³-hybridized carbons (Fsp3) is 0.588. The van der Waals surface area contributed by atoms with E-state index in [1.807, 2.05) is 13.8 Å². The number of hydrogen-bond acceptors (Lipinski definition) is 6. The van der Waals surface area contributed by atoms with E-state index in [1.54, 1.807) is 10.7 Å². The third kappa shape index (κ3) is 4.15. The molecule has 0 aliphatic carbocycles. The van der Waals surface area contributed by atoms with Crippen molar-refractivity contribution in [2.75, 3.05) is 16.8 Å². The molecule has 0 aromatic carbocycles. The molecule has 1 aliphatic heterocycles. The van der Waals surface area contributed by atoms with Gasteiger partial charge in [0, 0.05) is 6.07 Å². The van der Waals surface area contributed by atoms with Crippen LogP contribution in [0.2, 0.25) is 0 Å². The monoisotopic (exact) mass is 396 g/mol. The van der Waals surface area contributed by atoms with Gasteiger partial charge in [-0.2, -0.15) is 5.10 Å². The number of rotatable bonds is 6. The quantitative estimate of drug-likeness (QED) is 0.810. The van der Waals surface area contributed by atoms with Crippen LogP contribution in [-0.2, 0) is 16.3 Å². The Labute approximate surface area is 157 Å². The van der Waals surface area contributed by atoms with Gasteiger partial charge in [-0.3, -0.25) is 4.79 Å². The summed E-state index contributed by atoms with van der Waals surface area (Å²) < 4.78 is 25.2. The van der Waals surface area contributed by atoms with Crippen LogP contribution in [0.3, 0.4) is 0 Å². The molecule has 1 unspecified atom stereocenters. The molecule has 1 N–H and O–H groups in total. The van der Waals surface area contributed by atoms with Gasteiger partial charge in [0.2, 0.25) is 0 Å². The van der Waals surface area contributed by atoms with Crippen LogP contribution in [0.4, 0.5) is 5.82 Å². The molecule has 7 nitrogen and oxygen atoms in total. The first kappa shape index (κ1) is 19.0. The van der Waals surface area contributed by atoms with Crippen LogP contribution in [0.15, 0.2) is 6.07 Å². The molecule has 2 aromatic heterocycles. The summed E-state index contributed by atoms with van der Waals surface area (Å²) in [5.74, 6) is 0.572. The van der Waals surface area contributed by atoms with Crippen molar-refractivity contribution in [1.82, 2.24) is 14.8 Å². The number of carbonyl (C=O) groups excluding carboxylic acids is 1. The average molecular weight is 397 g/mol. The first-order chi connectivity index (χ1) is 12.3. The summed E-state index contributed by atoms with van der Waals surface area (Å²) in [6.45, 7) is 5.84. The number of aromatic nitrogens is 3. The average Bonchev–Trinajstić information content (AvgIpc) is 3.22. The van der Waals surface area contributed by atoms with Crippen molar-refractivity contribution in [1.29, 1.82) is 0 Å². The van der Waals surface area contributed by atoms with Crippen molar-refractivity contribution < 1.29 is 13.2 Å². The molecule has 9 heteroatoms. The Morgan fingerprint density at radius 3 is 2.85 bits per heavy atom. The smallest absolute Gasteiger partial charge is 0.268 e. The van der Waals surface area contributed by atoms with Gasteiger partial charge in [-0.25, -0.2) is 18.1 Å². The standard InChI is InChI=1S/C17H24N4O3S2/c1-4-5-6-14-16(25-12(3)18-14)17(22)19-15-9-11(2)20-21(15)13-7-8-26(23,24)10-13/h9,13H,4-8,10H2,1-3H3,(H,19,22). The van der Waals surface area contributed by atoms with Gasteiger partial charge in [-0.1, -0.05) is 13.3 Å². The zero-order valence-corrected chi connectivity index (χ0v) is 16.9. The largest absolute Gasteiger partial charge is 0.306 e. The van der Waals surface area contributed by atoms with Crippen LogP contribution in [0.5, 0.6) is 0 Å². The van der Waals surface area contributed by atoms with Gasteiger partial charge in [-0.15, -0.1) is 11.3 Å². The van der Waals surface area contributed by atoms with E-state index in [9.17, 15) is 13.2 Å². The van der Waals surface area contributed by atoms with Gasteiger partial charge in [0.05, 0.1) is 33.9 Å². The van der Waals surface area contributed by atoms with Gasteiger partial charge >= 0.3 is 0 Å². The highest BCUT2D eigenvalue weighted by Crippen LogP contribution is 2.28. The van der Waals surface area contributed by atoms with E-state index >= 15 is 0 Å². The minimum atomic E-state index is -3.03. The molecule has 3 rings (SSSR count). The fourth-order valence-electron chi connectivity index (χ4n) is 3.19. The Balaban J connectivity index is 1.83. The molecule has 0 spiro atoms. The van der Waals surface area contributed by atoms with E-state index in [0.717, 1.165) is 35.7 Å². The second-order valence-corrected chi connectivity index (χ2v) is 10.2. The Hall–Kier alpha value is -1.74. The van der Waals surface area contributed by atoms with Crippen LogP contribution < -0.4 is 5.32 Å². The number of hydrogen-bond donors (Lipinski definition) is 1. The van der Waals surface area contributed by atoms with Gasteiger partial charge in [-0.05, 0) is 33.1 Å². The van der Waals surface area contributed by atoms with Gasteiger partial charge in [0.15, 0.2) is 9.84 Å². The summed E-state index contributed by atoms with van der Waals surface area (Å²) in [6, 6.07) is 1.55. The lowest BCUT2D eigenvalue weighted by atomic mass is 10.2. The fourth-order valence-corrected chi connectivity index (χ4v) is 5.74. The highest BCUT2D eigenvalue weighted by Gasteiger charge is 2.31. The molecule has 0 radical (unpaired) electrons. The lowest BCUT2D eigenvalue weighted by Gasteiger charge is -2.13. The molecule has 1 aliphatic rings. The number of thiazole rings is 1. The van der Waals surface area contributed by atoms with Gasteiger partial charge < -0.3 is 5.32 Å². The molecule has 142 valence electrons. The van der Waals surface area contributed by atoms with Crippen LogP contribution in [-0.4, -0.2) is 40.6 Å². The number of nitrogens with zero attached hydrogens (tertiary/aromatic N) is 3. The van der Waals surface area contributed by atoms with Gasteiger partial charge in [0.1, 0.15) is 10.7 Å². The predicted molar refractivity (Wildman–Crippen MR) is 103 cm³/mol. The Kier molecular flexibility index (Phi) is 5.47. The van der Waals surface area contributed by atoms with E-state index in [4.69, 9.17) is 0 Å². The summed E-state index contributed by atoms with van der Waals surface area (Å²) >= 11 is 1.39. The van der Waals surface area contributed by atoms with E-state index in [-0.39, 0.29) is 23.5 Å². The van der Waals surface area contributed by atoms with Crippen molar-refractivity contribution in [3.8, 4) is 0 Å². The molecule has 26 heavy (non-hydrogen) atoms. The summed E-state index contributed by atoms with van der Waals surface area (Å²) in [4.78, 5) is 17.9. The van der Waals surface area contributed by atoms with Crippen molar-refractivity contribution in [2.45, 2.75) is 52.5 Å². The van der Waals surface area contributed by atoms with E-state index in [1.165, 1.54) is 11.3 Å². The maximum absolute atomic E-state index is 12.8. The minimum absolute atomic E-state index is 0.0679. The molecule has 1 atom stereocenters. The summed E-state index contributed by atoms with van der Waals surface area (Å²) in [5, 5.41) is 8.19. The zero-order chi connectivity index (χ0) is 18.9. The molecule has 2 aromatic rings. The summed E-state index contributed by atoms with van der Waals surface area (Å²) in [5.41, 5.74) is 1.58. The third-order valence-electron chi connectivity index (χ3n) is 4.43. The topological polar surface area (TPSA) is 93.9 Å². The van der Waals surface area contributed by atoms with E-state index in [2.05, 4.69) is 22.3 Å². The Bertz CT molecular complexity index is 915. The Morgan fingerprint density at radius 1 is 1.42 bits per heavy atom. The Morgan fingerprint density at radius 2 is 2.19 bits per heavy atom. The first-order valence-corrected chi connectivity index (χ1v) is 11.5. The molecular formula is C17H24N4O3S2. The third-order valence-corrected chi connectivity index (χ3v) is 7.19. The summed E-state index contributed by atoms with van der Waals surface area (Å²) in [6.07, 6.45) is 3.33. The maximum atomic E-state index is 12.8. The number of anilines is 1. The second kappa shape index (κ2) is 7.48. The number of aryl methyl sites for hydroxylation is 3. The predicted octanol–water partition coefficient (Wildman–Crippen LogP) is 2.91. The number of unbranched alkanes of at least 4 members (excludes halogenated alkanes) is 1. The van der Waals surface area contributed by atoms with Crippen molar-refractivity contribution in [3.05, 3.63) is 27.3 Å². The number of amides is 1. The molecule has 1 amide bonds. The lowest BCUT2D eigenvalue weighted by molar-refractivity contribution is 0.102. The molecule has 1 fully saturated rings. The highest BCUT2D eigenvalue weighted by molar-refractivity contribution is 7.91. The summed E-state index contributed by atoms with van der Waals surface area (Å²) in [7, 11) is -3.03. The SMILES string of the molecule is CCCCc1nc(C)sc1C(=O)Nc1cc(C)nn1C1CCS(=O)(=O)C1. The second-order valence-electron chi connectivity index (χ2n) is 6.74. The molecule has 0 bridgehead atoms. The number of nitrogens with one attached hydrogen (secondary N) is 1. The van der Waals surface area contributed by atoms with Crippen molar-refractivity contribution in [2.24, 2.45) is 0 Å². The van der Waals surface area contributed by atoms with Crippen LogP contribution in [0.25, 0.3) is 0 Å². The van der Waals surface area contributed by atoms with Crippen molar-refractivity contribution >= 4 is 32.9 Å². The number of sulfone groups is 1. The minimum Gasteiger partial charge on any atom is -0.306 e. The van der Waals surface area contributed by atoms with Crippen LogP contribution >= 0.6 is 11.3 Å². The molecule has 3 heterocycles. The van der Waals surface area contributed by atoms with Crippen LogP contribution in [0, 0.1) is 13.8 Å². The zero-order valence-electron chi connectivity index (χ0n) is 15.3. The normalized spacial score (nSPS) is 19.0. The van der Waals surface area contributed by atoms with Gasteiger partial charge in [0.25, 0.3) is 5.91 Å². The lowest BCUT2D eigenvalue weighted by Crippen LogP contribution is -2.19. The molecular weight excluding hydrogens is 372 g/mol. The maximum Gasteiger partial charge on any atom is 0.268 e.